The number of amides is 1. The standard InChI is InChI=1S/C19H27NO3S/c1-23-7-8-24(22)13-15-3-2-4-18(11-15)20-19(21)12-17-10-14-5-6-16(17)9-14/h2-4,11,14,16-17H,5-10,12-13H2,1H3,(H,20,21). The molecular formula is C19H27NO3S. The SMILES string of the molecule is COCCS(=O)Cc1cccc(NC(=O)CC2CC3CCC2C3)c1. The largest absolute Gasteiger partial charge is 0.384 e. The van der Waals surface area contributed by atoms with E-state index in [1.807, 2.05) is 24.3 Å². The summed E-state index contributed by atoms with van der Waals surface area (Å²) in [6, 6.07) is 7.70. The molecule has 2 aliphatic carbocycles. The summed E-state index contributed by atoms with van der Waals surface area (Å²) in [5.41, 5.74) is 1.80. The smallest absolute Gasteiger partial charge is 0.224 e. The molecule has 0 spiro atoms. The quantitative estimate of drug-likeness (QED) is 0.783. The predicted molar refractivity (Wildman–Crippen MR) is 97.2 cm³/mol. The molecule has 4 atom stereocenters. The van der Waals surface area contributed by atoms with Crippen molar-refractivity contribution < 1.29 is 13.7 Å². The monoisotopic (exact) mass is 349 g/mol. The highest BCUT2D eigenvalue weighted by atomic mass is 32.2. The zero-order chi connectivity index (χ0) is 16.9. The number of fused-ring (bicyclic) bond motifs is 2. The Morgan fingerprint density at radius 2 is 2.21 bits per heavy atom. The van der Waals surface area contributed by atoms with Gasteiger partial charge in [-0.25, -0.2) is 0 Å². The molecule has 132 valence electrons. The van der Waals surface area contributed by atoms with E-state index in [9.17, 15) is 9.00 Å². The van der Waals surface area contributed by atoms with Gasteiger partial charge in [-0.3, -0.25) is 9.00 Å². The van der Waals surface area contributed by atoms with Crippen molar-refractivity contribution in [1.29, 1.82) is 0 Å². The summed E-state index contributed by atoms with van der Waals surface area (Å²) in [5.74, 6) is 3.38. The minimum Gasteiger partial charge on any atom is -0.384 e. The van der Waals surface area contributed by atoms with Crippen LogP contribution in [0.1, 0.15) is 37.7 Å². The number of methoxy groups -OCH3 is 1. The summed E-state index contributed by atoms with van der Waals surface area (Å²) in [6.45, 7) is 0.507. The Morgan fingerprint density at radius 3 is 2.92 bits per heavy atom. The van der Waals surface area contributed by atoms with Crippen LogP contribution < -0.4 is 5.32 Å². The van der Waals surface area contributed by atoms with Crippen molar-refractivity contribution >= 4 is 22.4 Å². The van der Waals surface area contributed by atoms with Crippen molar-refractivity contribution in [2.24, 2.45) is 17.8 Å². The number of hydrogen-bond acceptors (Lipinski definition) is 3. The lowest BCUT2D eigenvalue weighted by atomic mass is 9.86. The highest BCUT2D eigenvalue weighted by Gasteiger charge is 2.40. The zero-order valence-corrected chi connectivity index (χ0v) is 15.1. The van der Waals surface area contributed by atoms with Crippen LogP contribution in [0, 0.1) is 17.8 Å². The lowest BCUT2D eigenvalue weighted by Gasteiger charge is -2.21. The molecule has 3 rings (SSSR count). The van der Waals surface area contributed by atoms with Gasteiger partial charge in [0, 0.05) is 41.5 Å². The van der Waals surface area contributed by atoms with Crippen LogP contribution in [0.2, 0.25) is 0 Å². The number of carbonyl (C=O) groups excluding carboxylic acids is 1. The van der Waals surface area contributed by atoms with Crippen molar-refractivity contribution in [1.82, 2.24) is 0 Å². The van der Waals surface area contributed by atoms with Gasteiger partial charge in [-0.2, -0.15) is 0 Å². The second kappa shape index (κ2) is 8.26. The Morgan fingerprint density at radius 1 is 1.33 bits per heavy atom. The van der Waals surface area contributed by atoms with Gasteiger partial charge in [-0.15, -0.1) is 0 Å². The summed E-state index contributed by atoms with van der Waals surface area (Å²) >= 11 is 0. The van der Waals surface area contributed by atoms with Gasteiger partial charge in [0.25, 0.3) is 0 Å². The van der Waals surface area contributed by atoms with Crippen molar-refractivity contribution in [3.63, 3.8) is 0 Å². The molecule has 4 nitrogen and oxygen atoms in total. The van der Waals surface area contributed by atoms with Crippen molar-refractivity contribution in [3.05, 3.63) is 29.8 Å². The Balaban J connectivity index is 1.50. The molecule has 2 fully saturated rings. The van der Waals surface area contributed by atoms with Crippen LogP contribution in [-0.4, -0.2) is 29.6 Å². The first-order valence-corrected chi connectivity index (χ1v) is 10.4. The number of ether oxygens (including phenoxy) is 1. The van der Waals surface area contributed by atoms with Gasteiger partial charge >= 0.3 is 0 Å². The van der Waals surface area contributed by atoms with Gasteiger partial charge < -0.3 is 10.1 Å². The van der Waals surface area contributed by atoms with Crippen molar-refractivity contribution in [2.75, 3.05) is 24.8 Å². The number of benzene rings is 1. The third-order valence-corrected chi connectivity index (χ3v) is 6.66. The van der Waals surface area contributed by atoms with Crippen LogP contribution >= 0.6 is 0 Å². The summed E-state index contributed by atoms with van der Waals surface area (Å²) < 4.78 is 16.9. The molecule has 0 saturated heterocycles. The van der Waals surface area contributed by atoms with E-state index in [0.717, 1.165) is 23.1 Å². The van der Waals surface area contributed by atoms with Crippen LogP contribution in [0.5, 0.6) is 0 Å². The number of nitrogens with one attached hydrogen (secondary N) is 1. The van der Waals surface area contributed by atoms with E-state index >= 15 is 0 Å². The van der Waals surface area contributed by atoms with E-state index in [1.54, 1.807) is 7.11 Å². The minimum absolute atomic E-state index is 0.116. The molecule has 1 N–H and O–H groups in total. The van der Waals surface area contributed by atoms with Crippen LogP contribution in [0.4, 0.5) is 5.69 Å². The van der Waals surface area contributed by atoms with Gasteiger partial charge in [0.1, 0.15) is 0 Å². The first kappa shape index (κ1) is 17.6. The maximum atomic E-state index is 12.3. The number of carbonyl (C=O) groups is 1. The Labute approximate surface area is 146 Å². The Kier molecular flexibility index (Phi) is 6.06. The molecule has 1 amide bonds. The Hall–Kier alpha value is -1.20. The second-order valence-electron chi connectivity index (χ2n) is 7.17. The molecule has 0 radical (unpaired) electrons. The van der Waals surface area contributed by atoms with Crippen LogP contribution in [0.3, 0.4) is 0 Å². The molecule has 2 saturated carbocycles. The maximum Gasteiger partial charge on any atom is 0.224 e. The fourth-order valence-electron chi connectivity index (χ4n) is 4.25. The molecule has 2 aliphatic rings. The minimum atomic E-state index is -0.934. The molecule has 5 heteroatoms. The summed E-state index contributed by atoms with van der Waals surface area (Å²) in [6.07, 6.45) is 5.89. The van der Waals surface area contributed by atoms with E-state index in [4.69, 9.17) is 4.74 Å². The number of rotatable bonds is 8. The Bertz CT molecular complexity index is 604. The third kappa shape index (κ3) is 4.67. The van der Waals surface area contributed by atoms with Gasteiger partial charge in [0.15, 0.2) is 0 Å². The predicted octanol–water partition coefficient (Wildman–Crippen LogP) is 3.35. The lowest BCUT2D eigenvalue weighted by molar-refractivity contribution is -0.117. The fraction of sp³-hybridized carbons (Fsp3) is 0.632. The number of anilines is 1. The molecular weight excluding hydrogens is 322 g/mol. The highest BCUT2D eigenvalue weighted by molar-refractivity contribution is 7.84. The van der Waals surface area contributed by atoms with Gasteiger partial charge in [-0.05, 0) is 54.7 Å². The van der Waals surface area contributed by atoms with Gasteiger partial charge in [-0.1, -0.05) is 18.6 Å². The molecule has 1 aromatic rings. The summed E-state index contributed by atoms with van der Waals surface area (Å²) in [7, 11) is 0.680. The molecule has 2 bridgehead atoms. The maximum absolute atomic E-state index is 12.3. The molecule has 4 unspecified atom stereocenters. The van der Waals surface area contributed by atoms with Crippen molar-refractivity contribution in [2.45, 2.75) is 37.9 Å². The van der Waals surface area contributed by atoms with Gasteiger partial charge in [0.05, 0.1) is 6.61 Å². The van der Waals surface area contributed by atoms with Crippen molar-refractivity contribution in [3.8, 4) is 0 Å². The molecule has 0 aliphatic heterocycles. The van der Waals surface area contributed by atoms with E-state index < -0.39 is 10.8 Å². The topological polar surface area (TPSA) is 55.4 Å². The van der Waals surface area contributed by atoms with E-state index in [1.165, 1.54) is 25.7 Å². The lowest BCUT2D eigenvalue weighted by Crippen LogP contribution is -2.20. The normalized spacial score (nSPS) is 26.5. The summed E-state index contributed by atoms with van der Waals surface area (Å²) in [4.78, 5) is 12.3. The van der Waals surface area contributed by atoms with Crippen LogP contribution in [-0.2, 0) is 26.1 Å². The zero-order valence-electron chi connectivity index (χ0n) is 14.3. The van der Waals surface area contributed by atoms with E-state index in [2.05, 4.69) is 5.32 Å². The average molecular weight is 349 g/mol. The summed E-state index contributed by atoms with van der Waals surface area (Å²) in [5, 5.41) is 3.02. The van der Waals surface area contributed by atoms with Crippen LogP contribution in [0.25, 0.3) is 0 Å². The first-order valence-electron chi connectivity index (χ1n) is 8.86. The molecule has 24 heavy (non-hydrogen) atoms. The number of hydrogen-bond donors (Lipinski definition) is 1. The molecule has 1 aromatic carbocycles. The van der Waals surface area contributed by atoms with E-state index in [0.29, 0.717) is 30.5 Å². The fourth-order valence-corrected chi connectivity index (χ4v) is 5.30. The average Bonchev–Trinajstić information content (AvgIpc) is 3.16. The van der Waals surface area contributed by atoms with Gasteiger partial charge in [0.2, 0.25) is 5.91 Å². The molecule has 0 aromatic heterocycles. The molecule has 0 heterocycles. The van der Waals surface area contributed by atoms with E-state index in [-0.39, 0.29) is 5.91 Å². The van der Waals surface area contributed by atoms with Crippen LogP contribution in [0.15, 0.2) is 24.3 Å². The third-order valence-electron chi connectivity index (χ3n) is 5.39. The second-order valence-corrected chi connectivity index (χ2v) is 8.75. The first-order chi connectivity index (χ1) is 11.6. The highest BCUT2D eigenvalue weighted by Crippen LogP contribution is 2.49.